The minimum absolute atomic E-state index is 0.0214. The second-order valence-electron chi connectivity index (χ2n) is 8.50. The molecule has 3 aliphatic heterocycles. The first-order valence-corrected chi connectivity index (χ1v) is 10.00. The van der Waals surface area contributed by atoms with Crippen LogP contribution in [-0.2, 0) is 9.53 Å². The molecule has 6 nitrogen and oxygen atoms in total. The van der Waals surface area contributed by atoms with Crippen molar-refractivity contribution in [2.24, 2.45) is 17.6 Å². The van der Waals surface area contributed by atoms with E-state index in [1.807, 2.05) is 19.1 Å². The number of fused-ring (bicyclic) bond motifs is 4. The Balaban J connectivity index is 1.61. The predicted octanol–water partition coefficient (Wildman–Crippen LogP) is 2.51. The Bertz CT molecular complexity index is 720. The van der Waals surface area contributed by atoms with E-state index in [9.17, 15) is 4.79 Å². The van der Waals surface area contributed by atoms with Crippen LogP contribution in [0.1, 0.15) is 45.3 Å². The maximum atomic E-state index is 11.3. The molecule has 3 aliphatic rings. The smallest absolute Gasteiger partial charge is 0.231 e. The molecule has 2 fully saturated rings. The predicted molar refractivity (Wildman–Crippen MR) is 102 cm³/mol. The highest BCUT2D eigenvalue weighted by molar-refractivity contribution is 5.75. The molecule has 2 N–H and O–H groups in total. The molecule has 4 atom stereocenters. The van der Waals surface area contributed by atoms with E-state index >= 15 is 0 Å². The van der Waals surface area contributed by atoms with Crippen LogP contribution in [0.2, 0.25) is 0 Å². The van der Waals surface area contributed by atoms with Crippen LogP contribution in [0, 0.1) is 11.8 Å². The van der Waals surface area contributed by atoms with Gasteiger partial charge in [0.1, 0.15) is 5.60 Å². The number of primary amides is 1. The number of likely N-dealkylation sites (tertiary alicyclic amines) is 1. The molecule has 0 bridgehead atoms. The van der Waals surface area contributed by atoms with Gasteiger partial charge in [0.15, 0.2) is 11.5 Å². The van der Waals surface area contributed by atoms with E-state index in [1.165, 1.54) is 0 Å². The van der Waals surface area contributed by atoms with E-state index in [0.717, 1.165) is 43.0 Å². The number of rotatable bonds is 4. The van der Waals surface area contributed by atoms with Crippen LogP contribution < -0.4 is 15.2 Å². The van der Waals surface area contributed by atoms with Crippen molar-refractivity contribution in [2.45, 2.75) is 51.4 Å². The zero-order valence-electron chi connectivity index (χ0n) is 16.4. The Hall–Kier alpha value is -1.79. The number of ether oxygens (including phenoxy) is 3. The van der Waals surface area contributed by atoms with Gasteiger partial charge in [-0.25, -0.2) is 0 Å². The van der Waals surface area contributed by atoms with Crippen LogP contribution in [0.15, 0.2) is 18.2 Å². The lowest BCUT2D eigenvalue weighted by molar-refractivity contribution is -0.187. The first-order valence-electron chi connectivity index (χ1n) is 10.00. The van der Waals surface area contributed by atoms with Crippen LogP contribution in [0.4, 0.5) is 0 Å². The number of benzene rings is 1. The molecule has 6 heteroatoms. The molecule has 1 amide bonds. The Morgan fingerprint density at radius 2 is 2.22 bits per heavy atom. The summed E-state index contributed by atoms with van der Waals surface area (Å²) in [6.07, 6.45) is 2.19. The number of hydrogen-bond acceptors (Lipinski definition) is 5. The summed E-state index contributed by atoms with van der Waals surface area (Å²) in [5.41, 5.74) is 6.14. The van der Waals surface area contributed by atoms with Crippen molar-refractivity contribution in [1.29, 1.82) is 0 Å². The first-order chi connectivity index (χ1) is 12.9. The standard InChI is InChI=1S/C21H30N2O4/c1-4-25-17-7-5-6-14-19-15(21(2,3)27-20(14)17)10-13-11-23(12-18(22)24)9-8-16(13)26-19/h5-7,13,15-16,19H,4,8-12H2,1-3H3,(H2,22,24)/t13-,15-,16-,19+/m1/s1. The second-order valence-corrected chi connectivity index (χ2v) is 8.50. The van der Waals surface area contributed by atoms with E-state index in [-0.39, 0.29) is 29.6 Å². The van der Waals surface area contributed by atoms with Gasteiger partial charge in [0.2, 0.25) is 5.91 Å². The third kappa shape index (κ3) is 3.41. The topological polar surface area (TPSA) is 74.0 Å². The minimum Gasteiger partial charge on any atom is -0.490 e. The fourth-order valence-electron chi connectivity index (χ4n) is 5.00. The second kappa shape index (κ2) is 6.99. The molecule has 1 aromatic rings. The van der Waals surface area contributed by atoms with Crippen molar-refractivity contribution in [2.75, 3.05) is 26.2 Å². The number of para-hydroxylation sites is 1. The summed E-state index contributed by atoms with van der Waals surface area (Å²) in [7, 11) is 0. The quantitative estimate of drug-likeness (QED) is 0.877. The molecule has 27 heavy (non-hydrogen) atoms. The molecular weight excluding hydrogens is 344 g/mol. The van der Waals surface area contributed by atoms with Gasteiger partial charge in [-0.2, -0.15) is 0 Å². The number of nitrogens with two attached hydrogens (primary N) is 1. The molecule has 3 heterocycles. The molecule has 0 spiro atoms. The Morgan fingerprint density at radius 3 is 2.96 bits per heavy atom. The Kier molecular flexibility index (Phi) is 4.80. The van der Waals surface area contributed by atoms with E-state index in [0.29, 0.717) is 19.1 Å². The number of nitrogens with zero attached hydrogens (tertiary/aromatic N) is 1. The summed E-state index contributed by atoms with van der Waals surface area (Å²) in [5.74, 6) is 2.02. The highest BCUT2D eigenvalue weighted by Crippen LogP contribution is 2.55. The molecule has 0 saturated carbocycles. The van der Waals surface area contributed by atoms with Gasteiger partial charge in [-0.1, -0.05) is 12.1 Å². The number of piperidine rings is 1. The van der Waals surface area contributed by atoms with Crippen molar-refractivity contribution in [1.82, 2.24) is 4.90 Å². The van der Waals surface area contributed by atoms with Crippen molar-refractivity contribution in [3.63, 3.8) is 0 Å². The average molecular weight is 374 g/mol. The lowest BCUT2D eigenvalue weighted by atomic mass is 9.70. The van der Waals surface area contributed by atoms with Gasteiger partial charge in [-0.3, -0.25) is 9.69 Å². The number of carbonyl (C=O) groups excluding carboxylic acids is 1. The summed E-state index contributed by atoms with van der Waals surface area (Å²) in [4.78, 5) is 13.5. The molecule has 4 rings (SSSR count). The molecule has 0 aliphatic carbocycles. The van der Waals surface area contributed by atoms with E-state index in [2.05, 4.69) is 24.8 Å². The molecule has 0 unspecified atom stereocenters. The van der Waals surface area contributed by atoms with Gasteiger partial charge < -0.3 is 19.9 Å². The molecule has 2 saturated heterocycles. The zero-order chi connectivity index (χ0) is 19.2. The normalized spacial score (nSPS) is 31.8. The highest BCUT2D eigenvalue weighted by atomic mass is 16.5. The summed E-state index contributed by atoms with van der Waals surface area (Å²) in [6.45, 7) is 8.92. The van der Waals surface area contributed by atoms with E-state index < -0.39 is 0 Å². The van der Waals surface area contributed by atoms with E-state index in [4.69, 9.17) is 19.9 Å². The van der Waals surface area contributed by atoms with Crippen molar-refractivity contribution in [3.05, 3.63) is 23.8 Å². The summed E-state index contributed by atoms with van der Waals surface area (Å²) in [6, 6.07) is 6.09. The minimum atomic E-state index is -0.345. The fourth-order valence-corrected chi connectivity index (χ4v) is 5.00. The molecule has 148 valence electrons. The number of amides is 1. The van der Waals surface area contributed by atoms with Crippen molar-refractivity contribution >= 4 is 5.91 Å². The van der Waals surface area contributed by atoms with Gasteiger partial charge in [0.25, 0.3) is 0 Å². The molecule has 0 radical (unpaired) electrons. The maximum Gasteiger partial charge on any atom is 0.231 e. The van der Waals surface area contributed by atoms with Crippen LogP contribution in [0.25, 0.3) is 0 Å². The molecule has 0 aromatic heterocycles. The average Bonchev–Trinajstić information content (AvgIpc) is 2.61. The lowest BCUT2D eigenvalue weighted by Gasteiger charge is -2.53. The summed E-state index contributed by atoms with van der Waals surface area (Å²) >= 11 is 0. The molecule has 1 aromatic carbocycles. The van der Waals surface area contributed by atoms with Gasteiger partial charge >= 0.3 is 0 Å². The summed E-state index contributed by atoms with van der Waals surface area (Å²) < 4.78 is 18.9. The Morgan fingerprint density at radius 1 is 1.41 bits per heavy atom. The third-order valence-electron chi connectivity index (χ3n) is 6.25. The third-order valence-corrected chi connectivity index (χ3v) is 6.25. The van der Waals surface area contributed by atoms with Gasteiger partial charge in [-0.05, 0) is 45.6 Å². The maximum absolute atomic E-state index is 11.3. The van der Waals surface area contributed by atoms with Crippen LogP contribution in [0.3, 0.4) is 0 Å². The largest absolute Gasteiger partial charge is 0.490 e. The first kappa shape index (κ1) is 18.6. The monoisotopic (exact) mass is 374 g/mol. The van der Waals surface area contributed by atoms with E-state index in [1.54, 1.807) is 0 Å². The van der Waals surface area contributed by atoms with Crippen LogP contribution >= 0.6 is 0 Å². The van der Waals surface area contributed by atoms with Crippen LogP contribution in [0.5, 0.6) is 11.5 Å². The SMILES string of the molecule is CCOc1cccc2c1OC(C)(C)[C@@H]1C[C@@H]3CN(CC(N)=O)CC[C@H]3O[C@@H]21. The van der Waals surface area contributed by atoms with Gasteiger partial charge in [0.05, 0.1) is 25.4 Å². The zero-order valence-corrected chi connectivity index (χ0v) is 16.4. The van der Waals surface area contributed by atoms with Gasteiger partial charge in [-0.15, -0.1) is 0 Å². The Labute approximate surface area is 160 Å². The lowest BCUT2D eigenvalue weighted by Crippen LogP contribution is -2.55. The van der Waals surface area contributed by atoms with Gasteiger partial charge in [0, 0.05) is 24.6 Å². The summed E-state index contributed by atoms with van der Waals surface area (Å²) in [5, 5.41) is 0. The fraction of sp³-hybridized carbons (Fsp3) is 0.667. The van der Waals surface area contributed by atoms with Crippen molar-refractivity contribution < 1.29 is 19.0 Å². The van der Waals surface area contributed by atoms with Crippen molar-refractivity contribution in [3.8, 4) is 11.5 Å². The number of hydrogen-bond donors (Lipinski definition) is 1. The highest BCUT2D eigenvalue weighted by Gasteiger charge is 2.51. The number of carbonyl (C=O) groups is 1. The van der Waals surface area contributed by atoms with Crippen LogP contribution in [-0.4, -0.2) is 48.8 Å². The molecular formula is C21H30N2O4.